The molecule has 1 aliphatic rings. The average molecular weight is 742 g/mol. The van der Waals surface area contributed by atoms with Gasteiger partial charge in [-0.05, 0) is 42.0 Å². The van der Waals surface area contributed by atoms with Crippen LogP contribution < -0.4 is 5.32 Å². The first-order valence-corrected chi connectivity index (χ1v) is 17.3. The topological polar surface area (TPSA) is 170 Å². The van der Waals surface area contributed by atoms with Crippen molar-refractivity contribution < 1.29 is 42.9 Å². The summed E-state index contributed by atoms with van der Waals surface area (Å²) in [7, 11) is 0. The Kier molecular flexibility index (Phi) is 11.0. The van der Waals surface area contributed by atoms with E-state index in [1.807, 2.05) is 30.3 Å². The summed E-state index contributed by atoms with van der Waals surface area (Å²) in [6.07, 6.45) is -1.02. The summed E-state index contributed by atoms with van der Waals surface area (Å²) in [6.45, 7) is 0.275. The lowest BCUT2D eigenvalue weighted by Crippen LogP contribution is -2.53. The van der Waals surface area contributed by atoms with Gasteiger partial charge in [-0.2, -0.15) is 0 Å². The molecule has 1 fully saturated rings. The van der Waals surface area contributed by atoms with Gasteiger partial charge in [-0.3, -0.25) is 14.2 Å². The number of anilines is 1. The monoisotopic (exact) mass is 741 g/mol. The van der Waals surface area contributed by atoms with Crippen molar-refractivity contribution in [3.63, 3.8) is 0 Å². The molecule has 14 heteroatoms. The van der Waals surface area contributed by atoms with Gasteiger partial charge < -0.3 is 29.0 Å². The fraction of sp³-hybridized carbons (Fsp3) is 0.195. The van der Waals surface area contributed by atoms with E-state index in [9.17, 15) is 19.2 Å². The molecule has 1 saturated heterocycles. The lowest BCUT2D eigenvalue weighted by atomic mass is 9.96. The molecule has 7 rings (SSSR count). The third-order valence-corrected chi connectivity index (χ3v) is 8.84. The smallest absolute Gasteiger partial charge is 0.338 e. The lowest BCUT2D eigenvalue weighted by Gasteiger charge is -2.33. The van der Waals surface area contributed by atoms with Crippen LogP contribution in [0.25, 0.3) is 11.2 Å². The zero-order valence-electron chi connectivity index (χ0n) is 29.5. The highest BCUT2D eigenvalue weighted by molar-refractivity contribution is 6.06. The van der Waals surface area contributed by atoms with Gasteiger partial charge in [0.15, 0.2) is 34.9 Å². The number of carbonyl (C=O) groups excluding carboxylic acids is 4. The zero-order chi connectivity index (χ0) is 38.2. The molecule has 0 aliphatic carbocycles. The molecule has 3 heterocycles. The summed E-state index contributed by atoms with van der Waals surface area (Å²) in [4.78, 5) is 65.9. The Morgan fingerprint density at radius 3 is 1.84 bits per heavy atom. The van der Waals surface area contributed by atoms with Crippen LogP contribution in [0.2, 0.25) is 0 Å². The standard InChI is InChI=1S/C41H35N5O9/c1-27(47)54-33-34(51-22-28-14-6-2-7-15-28)41(23-52-39(49)30-18-10-4-11-19-30,24-53-40(50)31-20-12-5-13-21-31)55-38(33)46-26-44-32-35(42-25-43-36(32)46)45-37(48)29-16-8-3-9-17-29/h2-21,25-26,33-34,38H,22-24H2,1H3,(H,42,43,45,48)/t33-,34+,38+/m0/s1. The molecule has 1 N–H and O–H groups in total. The second kappa shape index (κ2) is 16.5. The summed E-state index contributed by atoms with van der Waals surface area (Å²) in [5, 5.41) is 2.78. The minimum absolute atomic E-state index is 0.0167. The molecule has 1 amide bonds. The van der Waals surface area contributed by atoms with Crippen molar-refractivity contribution in [1.82, 2.24) is 19.5 Å². The van der Waals surface area contributed by atoms with Gasteiger partial charge in [-0.25, -0.2) is 24.5 Å². The van der Waals surface area contributed by atoms with E-state index in [0.717, 1.165) is 5.56 Å². The quantitative estimate of drug-likeness (QED) is 0.115. The van der Waals surface area contributed by atoms with Gasteiger partial charge in [0.2, 0.25) is 0 Å². The largest absolute Gasteiger partial charge is 0.459 e. The average Bonchev–Trinajstić information content (AvgIpc) is 3.78. The Bertz CT molecular complexity index is 2220. The molecule has 14 nitrogen and oxygen atoms in total. The summed E-state index contributed by atoms with van der Waals surface area (Å²) >= 11 is 0. The maximum absolute atomic E-state index is 13.4. The summed E-state index contributed by atoms with van der Waals surface area (Å²) in [5.74, 6) is -2.31. The third-order valence-electron chi connectivity index (χ3n) is 8.84. The number of nitrogens with zero attached hydrogens (tertiary/aromatic N) is 4. The van der Waals surface area contributed by atoms with Crippen molar-refractivity contribution in [3.05, 3.63) is 156 Å². The van der Waals surface area contributed by atoms with Crippen LogP contribution in [0.15, 0.2) is 134 Å². The van der Waals surface area contributed by atoms with Gasteiger partial charge >= 0.3 is 17.9 Å². The van der Waals surface area contributed by atoms with Crippen molar-refractivity contribution in [1.29, 1.82) is 0 Å². The SMILES string of the molecule is CC(=O)O[C@@H]1[C@H](n2cnc3c(NC(=O)c4ccccc4)ncnc32)OC(COC(=O)c2ccccc2)(COC(=O)c2ccccc2)[C@@H]1OCc1ccccc1. The molecule has 0 unspecified atom stereocenters. The van der Waals surface area contributed by atoms with Gasteiger partial charge in [-0.15, -0.1) is 0 Å². The molecular weight excluding hydrogens is 706 g/mol. The zero-order valence-corrected chi connectivity index (χ0v) is 29.5. The number of carbonyl (C=O) groups is 4. The van der Waals surface area contributed by atoms with Crippen LogP contribution in [0.3, 0.4) is 0 Å². The van der Waals surface area contributed by atoms with E-state index in [2.05, 4.69) is 20.3 Å². The van der Waals surface area contributed by atoms with Gasteiger partial charge in [-0.1, -0.05) is 84.9 Å². The van der Waals surface area contributed by atoms with E-state index in [0.29, 0.717) is 5.56 Å². The number of esters is 3. The second-order valence-electron chi connectivity index (χ2n) is 12.6. The summed E-state index contributed by atoms with van der Waals surface area (Å²) in [6, 6.07) is 34.5. The second-order valence-corrected chi connectivity index (χ2v) is 12.6. The van der Waals surface area contributed by atoms with Crippen LogP contribution in [0.4, 0.5) is 5.82 Å². The van der Waals surface area contributed by atoms with Crippen LogP contribution in [0.5, 0.6) is 0 Å². The highest BCUT2D eigenvalue weighted by Crippen LogP contribution is 2.43. The lowest BCUT2D eigenvalue weighted by molar-refractivity contribution is -0.166. The number of hydrogen-bond donors (Lipinski definition) is 1. The Morgan fingerprint density at radius 1 is 0.727 bits per heavy atom. The molecule has 0 saturated carbocycles. The van der Waals surface area contributed by atoms with Gasteiger partial charge in [0.25, 0.3) is 5.91 Å². The fourth-order valence-corrected chi connectivity index (χ4v) is 6.22. The first-order chi connectivity index (χ1) is 26.8. The van der Waals surface area contributed by atoms with E-state index in [1.54, 1.807) is 91.0 Å². The summed E-state index contributed by atoms with van der Waals surface area (Å²) < 4.78 is 32.6. The normalized spacial score (nSPS) is 17.3. The third kappa shape index (κ3) is 8.25. The van der Waals surface area contributed by atoms with Crippen LogP contribution in [-0.2, 0) is 35.1 Å². The maximum Gasteiger partial charge on any atom is 0.338 e. The molecular formula is C41H35N5O9. The molecule has 0 radical (unpaired) electrons. The summed E-state index contributed by atoms with van der Waals surface area (Å²) in [5.41, 5.74) is 0.387. The molecule has 6 aromatic rings. The molecule has 3 atom stereocenters. The number of imidazole rings is 1. The number of aromatic nitrogens is 4. The van der Waals surface area contributed by atoms with Crippen molar-refractivity contribution in [3.8, 4) is 0 Å². The van der Waals surface area contributed by atoms with Crippen molar-refractivity contribution in [2.45, 2.75) is 37.6 Å². The number of rotatable bonds is 13. The Labute approximate surface area is 315 Å². The minimum atomic E-state index is -1.76. The Morgan fingerprint density at radius 2 is 1.27 bits per heavy atom. The van der Waals surface area contributed by atoms with E-state index in [1.165, 1.54) is 24.1 Å². The number of fused-ring (bicyclic) bond motifs is 1. The molecule has 2 aromatic heterocycles. The van der Waals surface area contributed by atoms with Crippen molar-refractivity contribution in [2.24, 2.45) is 0 Å². The molecule has 278 valence electrons. The van der Waals surface area contributed by atoms with E-state index in [-0.39, 0.29) is 34.7 Å². The first kappa shape index (κ1) is 36.6. The number of ether oxygens (including phenoxy) is 5. The van der Waals surface area contributed by atoms with Gasteiger partial charge in [0.1, 0.15) is 25.6 Å². The number of benzene rings is 4. The fourth-order valence-electron chi connectivity index (χ4n) is 6.22. The van der Waals surface area contributed by atoms with Crippen LogP contribution in [-0.4, -0.2) is 74.4 Å². The van der Waals surface area contributed by atoms with Gasteiger partial charge in [0, 0.05) is 12.5 Å². The van der Waals surface area contributed by atoms with Crippen LogP contribution in [0.1, 0.15) is 49.8 Å². The van der Waals surface area contributed by atoms with E-state index < -0.39 is 61.1 Å². The molecule has 0 spiro atoms. The highest BCUT2D eigenvalue weighted by atomic mass is 16.7. The highest BCUT2D eigenvalue weighted by Gasteiger charge is 2.60. The van der Waals surface area contributed by atoms with E-state index in [4.69, 9.17) is 23.7 Å². The maximum atomic E-state index is 13.4. The van der Waals surface area contributed by atoms with Crippen molar-refractivity contribution >= 4 is 40.8 Å². The first-order valence-electron chi connectivity index (χ1n) is 17.3. The van der Waals surface area contributed by atoms with Crippen LogP contribution in [0, 0.1) is 0 Å². The number of hydrogen-bond acceptors (Lipinski definition) is 12. The Hall–Kier alpha value is -6.77. The number of nitrogens with one attached hydrogen (secondary N) is 1. The Balaban J connectivity index is 1.29. The predicted octanol–water partition coefficient (Wildman–Crippen LogP) is 5.58. The minimum Gasteiger partial charge on any atom is -0.459 e. The molecule has 4 aromatic carbocycles. The van der Waals surface area contributed by atoms with E-state index >= 15 is 0 Å². The predicted molar refractivity (Wildman–Crippen MR) is 197 cm³/mol. The number of amides is 1. The van der Waals surface area contributed by atoms with Crippen molar-refractivity contribution in [2.75, 3.05) is 18.5 Å². The molecule has 0 bridgehead atoms. The van der Waals surface area contributed by atoms with Gasteiger partial charge in [0.05, 0.1) is 24.1 Å². The van der Waals surface area contributed by atoms with Crippen LogP contribution >= 0.6 is 0 Å². The molecule has 1 aliphatic heterocycles. The molecule has 55 heavy (non-hydrogen) atoms.